The fourth-order valence-corrected chi connectivity index (χ4v) is 4.21. The molecule has 1 amide bonds. The third kappa shape index (κ3) is 5.41. The fourth-order valence-electron chi connectivity index (χ4n) is 4.21. The topological polar surface area (TPSA) is 104 Å². The van der Waals surface area contributed by atoms with Crippen LogP contribution in [0.15, 0.2) is 42.0 Å². The predicted octanol–water partition coefficient (Wildman–Crippen LogP) is 3.96. The van der Waals surface area contributed by atoms with Gasteiger partial charge in [0.25, 0.3) is 11.7 Å². The molecule has 1 saturated heterocycles. The van der Waals surface area contributed by atoms with Crippen LogP contribution in [-0.2, 0) is 14.3 Å². The molecule has 1 fully saturated rings. The van der Waals surface area contributed by atoms with Crippen molar-refractivity contribution in [3.63, 3.8) is 0 Å². The van der Waals surface area contributed by atoms with E-state index in [4.69, 9.17) is 23.7 Å². The number of methoxy groups -OCH3 is 4. The van der Waals surface area contributed by atoms with Gasteiger partial charge in [-0.15, -0.1) is 0 Å². The third-order valence-corrected chi connectivity index (χ3v) is 5.79. The quantitative estimate of drug-likeness (QED) is 0.215. The van der Waals surface area contributed by atoms with Crippen molar-refractivity contribution in [3.8, 4) is 23.0 Å². The zero-order valence-electron chi connectivity index (χ0n) is 21.5. The van der Waals surface area contributed by atoms with E-state index in [0.717, 1.165) is 0 Å². The van der Waals surface area contributed by atoms with Crippen LogP contribution in [0.1, 0.15) is 37.4 Å². The first kappa shape index (κ1) is 26.9. The van der Waals surface area contributed by atoms with Gasteiger partial charge in [-0.2, -0.15) is 0 Å². The zero-order chi connectivity index (χ0) is 26.4. The van der Waals surface area contributed by atoms with E-state index in [1.807, 2.05) is 13.8 Å². The van der Waals surface area contributed by atoms with E-state index < -0.39 is 17.7 Å². The highest BCUT2D eigenvalue weighted by Gasteiger charge is 2.46. The summed E-state index contributed by atoms with van der Waals surface area (Å²) in [5.41, 5.74) is 0.894. The molecule has 36 heavy (non-hydrogen) atoms. The molecule has 1 unspecified atom stereocenters. The zero-order valence-corrected chi connectivity index (χ0v) is 21.5. The number of hydrogen-bond donors (Lipinski definition) is 1. The summed E-state index contributed by atoms with van der Waals surface area (Å²) in [6, 6.07) is 9.19. The van der Waals surface area contributed by atoms with Gasteiger partial charge >= 0.3 is 0 Å². The first-order chi connectivity index (χ1) is 17.3. The summed E-state index contributed by atoms with van der Waals surface area (Å²) in [6.45, 7) is 4.48. The predicted molar refractivity (Wildman–Crippen MR) is 134 cm³/mol. The van der Waals surface area contributed by atoms with Crippen molar-refractivity contribution in [2.75, 3.05) is 41.6 Å². The molecule has 194 valence electrons. The molecule has 0 aliphatic carbocycles. The van der Waals surface area contributed by atoms with Crippen molar-refractivity contribution in [2.45, 2.75) is 32.4 Å². The molecule has 1 N–H and O–H groups in total. The van der Waals surface area contributed by atoms with Gasteiger partial charge in [0, 0.05) is 25.8 Å². The molecule has 1 atom stereocenters. The van der Waals surface area contributed by atoms with Crippen molar-refractivity contribution in [3.05, 3.63) is 53.1 Å². The van der Waals surface area contributed by atoms with Gasteiger partial charge in [0.1, 0.15) is 11.5 Å². The second-order valence-corrected chi connectivity index (χ2v) is 8.49. The molecule has 0 saturated carbocycles. The van der Waals surface area contributed by atoms with Crippen LogP contribution in [0.5, 0.6) is 23.0 Å². The van der Waals surface area contributed by atoms with E-state index in [0.29, 0.717) is 47.2 Å². The highest BCUT2D eigenvalue weighted by atomic mass is 16.5. The summed E-state index contributed by atoms with van der Waals surface area (Å²) in [5, 5.41) is 11.3. The number of amides is 1. The van der Waals surface area contributed by atoms with E-state index in [1.165, 1.54) is 26.2 Å². The average molecular weight is 500 g/mol. The Labute approximate surface area is 211 Å². The number of carbonyl (C=O) groups is 2. The smallest absolute Gasteiger partial charge is 0.295 e. The highest BCUT2D eigenvalue weighted by Crippen LogP contribution is 2.45. The maximum Gasteiger partial charge on any atom is 0.295 e. The molecule has 1 aliphatic heterocycles. The van der Waals surface area contributed by atoms with E-state index in [-0.39, 0.29) is 24.0 Å². The number of nitrogens with zero attached hydrogens (tertiary/aromatic N) is 1. The number of carbonyl (C=O) groups excluding carboxylic acids is 2. The number of aliphatic hydroxyl groups is 1. The van der Waals surface area contributed by atoms with Crippen molar-refractivity contribution >= 4 is 17.4 Å². The minimum Gasteiger partial charge on any atom is -0.507 e. The highest BCUT2D eigenvalue weighted by molar-refractivity contribution is 6.46. The van der Waals surface area contributed by atoms with Gasteiger partial charge in [-0.3, -0.25) is 9.59 Å². The number of benzene rings is 2. The van der Waals surface area contributed by atoms with E-state index in [1.54, 1.807) is 43.5 Å². The summed E-state index contributed by atoms with van der Waals surface area (Å²) in [5.74, 6) is -0.0209. The lowest BCUT2D eigenvalue weighted by atomic mass is 9.94. The molecule has 1 heterocycles. The Morgan fingerprint density at radius 3 is 2.08 bits per heavy atom. The number of ketones is 1. The van der Waals surface area contributed by atoms with Gasteiger partial charge < -0.3 is 33.7 Å². The van der Waals surface area contributed by atoms with Crippen LogP contribution < -0.4 is 18.9 Å². The lowest BCUT2D eigenvalue weighted by Crippen LogP contribution is -2.31. The molecule has 3 rings (SSSR count). The second-order valence-electron chi connectivity index (χ2n) is 8.49. The van der Waals surface area contributed by atoms with Crippen LogP contribution in [0.25, 0.3) is 5.76 Å². The number of hydrogen-bond acceptors (Lipinski definition) is 8. The summed E-state index contributed by atoms with van der Waals surface area (Å²) in [6.07, 6.45) is 0.494. The molecule has 0 spiro atoms. The second kappa shape index (κ2) is 11.8. The van der Waals surface area contributed by atoms with Crippen molar-refractivity contribution in [2.24, 2.45) is 0 Å². The van der Waals surface area contributed by atoms with Gasteiger partial charge in [-0.25, -0.2) is 0 Å². The van der Waals surface area contributed by atoms with Crippen molar-refractivity contribution < 1.29 is 38.4 Å². The van der Waals surface area contributed by atoms with Gasteiger partial charge in [0.05, 0.1) is 39.0 Å². The minimum absolute atomic E-state index is 0.0121. The maximum absolute atomic E-state index is 13.2. The number of ether oxygens (including phenoxy) is 5. The first-order valence-corrected chi connectivity index (χ1v) is 11.6. The van der Waals surface area contributed by atoms with Crippen LogP contribution in [0.4, 0.5) is 0 Å². The van der Waals surface area contributed by atoms with Crippen LogP contribution >= 0.6 is 0 Å². The van der Waals surface area contributed by atoms with Gasteiger partial charge in [0.15, 0.2) is 11.5 Å². The fraction of sp³-hybridized carbons (Fsp3) is 0.407. The van der Waals surface area contributed by atoms with Gasteiger partial charge in [0.2, 0.25) is 5.75 Å². The molecule has 0 radical (unpaired) electrons. The molecule has 2 aromatic rings. The Kier molecular flexibility index (Phi) is 8.82. The van der Waals surface area contributed by atoms with Gasteiger partial charge in [-0.05, 0) is 62.2 Å². The minimum atomic E-state index is -0.873. The number of Topliss-reactive ketones (excluding diaryl/α,β-unsaturated/α-hetero) is 1. The standard InChI is InChI=1S/C27H33NO8/c1-16(2)36-19-10-8-17(9-11-19)24(29)22-23(28(12-7-13-32-3)27(31)25(22)30)18-14-20(33-4)26(35-6)21(15-18)34-5/h8-11,14-16,23,29H,7,12-13H2,1-6H3/b24-22+. The molecule has 9 heteroatoms. The van der Waals surface area contributed by atoms with E-state index in [2.05, 4.69) is 0 Å². The Balaban J connectivity index is 2.17. The average Bonchev–Trinajstić information content (AvgIpc) is 3.12. The summed E-state index contributed by atoms with van der Waals surface area (Å²) in [4.78, 5) is 27.8. The lowest BCUT2D eigenvalue weighted by Gasteiger charge is -2.26. The molecular formula is C27H33NO8. The molecular weight excluding hydrogens is 466 g/mol. The number of likely N-dealkylation sites (tertiary alicyclic amines) is 1. The largest absolute Gasteiger partial charge is 0.507 e. The van der Waals surface area contributed by atoms with Crippen LogP contribution in [0.3, 0.4) is 0 Å². The summed E-state index contributed by atoms with van der Waals surface area (Å²) < 4.78 is 27.2. The summed E-state index contributed by atoms with van der Waals surface area (Å²) in [7, 11) is 6.02. The van der Waals surface area contributed by atoms with Crippen LogP contribution in [0.2, 0.25) is 0 Å². The Morgan fingerprint density at radius 1 is 0.972 bits per heavy atom. The molecule has 9 nitrogen and oxygen atoms in total. The molecule has 0 bridgehead atoms. The molecule has 1 aliphatic rings. The Bertz CT molecular complexity index is 1100. The van der Waals surface area contributed by atoms with E-state index >= 15 is 0 Å². The van der Waals surface area contributed by atoms with Crippen LogP contribution in [0, 0.1) is 0 Å². The summed E-state index contributed by atoms with van der Waals surface area (Å²) >= 11 is 0. The normalized spacial score (nSPS) is 17.0. The first-order valence-electron chi connectivity index (χ1n) is 11.6. The molecule has 2 aromatic carbocycles. The number of aliphatic hydroxyl groups excluding tert-OH is 1. The Morgan fingerprint density at radius 2 is 1.58 bits per heavy atom. The monoisotopic (exact) mass is 499 g/mol. The Hall–Kier alpha value is -3.72. The van der Waals surface area contributed by atoms with Gasteiger partial charge in [-0.1, -0.05) is 0 Å². The maximum atomic E-state index is 13.2. The lowest BCUT2D eigenvalue weighted by molar-refractivity contribution is -0.140. The van der Waals surface area contributed by atoms with E-state index in [9.17, 15) is 14.7 Å². The SMILES string of the molecule is COCCCN1C(=O)C(=O)/C(=C(/O)c2ccc(OC(C)C)cc2)C1c1cc(OC)c(OC)c(OC)c1. The van der Waals surface area contributed by atoms with Crippen molar-refractivity contribution in [1.29, 1.82) is 0 Å². The number of rotatable bonds is 11. The van der Waals surface area contributed by atoms with Crippen LogP contribution in [-0.4, -0.2) is 69.4 Å². The van der Waals surface area contributed by atoms with Crippen molar-refractivity contribution in [1.82, 2.24) is 4.90 Å². The third-order valence-electron chi connectivity index (χ3n) is 5.79. The molecule has 0 aromatic heterocycles.